The van der Waals surface area contributed by atoms with Gasteiger partial charge in [0, 0.05) is 18.3 Å². The van der Waals surface area contributed by atoms with E-state index in [-0.39, 0.29) is 0 Å². The molecular formula is C21H27N. The first-order chi connectivity index (χ1) is 10.4. The van der Waals surface area contributed by atoms with Crippen molar-refractivity contribution in [2.75, 3.05) is 7.05 Å². The molecule has 0 bridgehead atoms. The van der Waals surface area contributed by atoms with Crippen LogP contribution in [0.3, 0.4) is 0 Å². The van der Waals surface area contributed by atoms with E-state index in [2.05, 4.69) is 58.0 Å². The maximum atomic E-state index is 4.35. The fourth-order valence-corrected chi connectivity index (χ4v) is 3.49. The molecule has 0 saturated heterocycles. The summed E-state index contributed by atoms with van der Waals surface area (Å²) in [7, 11) is 1.92. The summed E-state index contributed by atoms with van der Waals surface area (Å²) in [5.74, 6) is 0.631. The van der Waals surface area contributed by atoms with Gasteiger partial charge in [0.15, 0.2) is 0 Å². The van der Waals surface area contributed by atoms with Crippen LogP contribution in [0.5, 0.6) is 0 Å². The Labute approximate surface area is 135 Å². The molecule has 1 aliphatic rings. The lowest BCUT2D eigenvalue weighted by atomic mass is 9.76. The second-order valence-electron chi connectivity index (χ2n) is 6.45. The first kappa shape index (κ1) is 16.4. The third kappa shape index (κ3) is 2.94. The van der Waals surface area contributed by atoms with Crippen molar-refractivity contribution in [3.05, 3.63) is 71.3 Å². The van der Waals surface area contributed by atoms with E-state index in [1.54, 1.807) is 0 Å². The average molecular weight is 293 g/mol. The zero-order valence-electron chi connectivity index (χ0n) is 14.3. The van der Waals surface area contributed by atoms with E-state index in [1.807, 2.05) is 13.1 Å². The van der Waals surface area contributed by atoms with Gasteiger partial charge in [-0.05, 0) is 66.5 Å². The van der Waals surface area contributed by atoms with Crippen LogP contribution in [-0.2, 0) is 0 Å². The molecule has 1 aromatic rings. The van der Waals surface area contributed by atoms with E-state index in [4.69, 9.17) is 0 Å². The summed E-state index contributed by atoms with van der Waals surface area (Å²) >= 11 is 0. The van der Waals surface area contributed by atoms with Crippen LogP contribution in [0, 0.1) is 19.8 Å². The molecule has 1 aromatic carbocycles. The van der Waals surface area contributed by atoms with Crippen molar-refractivity contribution in [1.29, 1.82) is 0 Å². The SMILES string of the molecule is C=CC1=C(c2c(C)cc(C)cc2C(=C)NC)C(=C)CC(C)C1. The number of allylic oxidation sites excluding steroid dienone is 4. The number of nitrogens with one attached hydrogen (secondary N) is 1. The molecule has 0 fully saturated rings. The maximum absolute atomic E-state index is 4.35. The van der Waals surface area contributed by atoms with Crippen LogP contribution < -0.4 is 5.32 Å². The molecule has 0 spiro atoms. The van der Waals surface area contributed by atoms with Crippen LogP contribution in [0.1, 0.15) is 42.0 Å². The van der Waals surface area contributed by atoms with Gasteiger partial charge in [-0.15, -0.1) is 0 Å². The van der Waals surface area contributed by atoms with E-state index in [0.29, 0.717) is 5.92 Å². The summed E-state index contributed by atoms with van der Waals surface area (Å²) in [5.41, 5.74) is 9.70. The van der Waals surface area contributed by atoms with Crippen LogP contribution >= 0.6 is 0 Å². The minimum atomic E-state index is 0.631. The Hall–Kier alpha value is -2.02. The molecule has 1 aliphatic carbocycles. The predicted octanol–water partition coefficient (Wildman–Crippen LogP) is 5.42. The standard InChI is InChI=1S/C21H27N/c1-8-18-11-13(2)9-15(4)20(18)21-16(5)10-14(3)12-19(21)17(6)22-7/h8,10,12-13,22H,1,4,6,9,11H2,2-3,5,7H3. The lowest BCUT2D eigenvalue weighted by molar-refractivity contribution is 0.571. The number of benzene rings is 1. The molecular weight excluding hydrogens is 266 g/mol. The Kier molecular flexibility index (Phi) is 4.75. The molecule has 0 saturated carbocycles. The first-order valence-electron chi connectivity index (χ1n) is 7.91. The molecule has 1 unspecified atom stereocenters. The van der Waals surface area contributed by atoms with Gasteiger partial charge < -0.3 is 5.32 Å². The second kappa shape index (κ2) is 6.39. The number of aryl methyl sites for hydroxylation is 2. The normalized spacial score (nSPS) is 18.4. The van der Waals surface area contributed by atoms with E-state index in [0.717, 1.165) is 18.5 Å². The number of rotatable bonds is 4. The van der Waals surface area contributed by atoms with Crippen LogP contribution in [-0.4, -0.2) is 7.05 Å². The molecule has 22 heavy (non-hydrogen) atoms. The number of hydrogen-bond donors (Lipinski definition) is 1. The van der Waals surface area contributed by atoms with E-state index in [1.165, 1.54) is 39.0 Å². The van der Waals surface area contributed by atoms with Crippen molar-refractivity contribution in [1.82, 2.24) is 5.32 Å². The molecule has 0 radical (unpaired) electrons. The maximum Gasteiger partial charge on any atom is 0.0344 e. The Morgan fingerprint density at radius 3 is 2.55 bits per heavy atom. The highest BCUT2D eigenvalue weighted by Crippen LogP contribution is 2.42. The molecule has 2 rings (SSSR count). The Bertz CT molecular complexity index is 673. The largest absolute Gasteiger partial charge is 0.388 e. The lowest BCUT2D eigenvalue weighted by Gasteiger charge is -2.29. The van der Waals surface area contributed by atoms with Gasteiger partial charge in [0.2, 0.25) is 0 Å². The molecule has 0 amide bonds. The van der Waals surface area contributed by atoms with Crippen molar-refractivity contribution in [3.8, 4) is 0 Å². The lowest BCUT2D eigenvalue weighted by Crippen LogP contribution is -2.13. The highest BCUT2D eigenvalue weighted by Gasteiger charge is 2.24. The van der Waals surface area contributed by atoms with Gasteiger partial charge in [0.25, 0.3) is 0 Å². The first-order valence-corrected chi connectivity index (χ1v) is 7.91. The summed E-state index contributed by atoms with van der Waals surface area (Å²) in [5, 5.41) is 3.20. The summed E-state index contributed by atoms with van der Waals surface area (Å²) in [6.45, 7) is 19.2. The van der Waals surface area contributed by atoms with Gasteiger partial charge in [-0.2, -0.15) is 0 Å². The average Bonchev–Trinajstić information content (AvgIpc) is 2.46. The third-order valence-electron chi connectivity index (χ3n) is 4.44. The van der Waals surface area contributed by atoms with Crippen molar-refractivity contribution in [3.63, 3.8) is 0 Å². The van der Waals surface area contributed by atoms with Crippen LogP contribution in [0.15, 0.2) is 49.1 Å². The van der Waals surface area contributed by atoms with Gasteiger partial charge in [-0.1, -0.05) is 44.4 Å². The van der Waals surface area contributed by atoms with Gasteiger partial charge in [-0.25, -0.2) is 0 Å². The minimum Gasteiger partial charge on any atom is -0.388 e. The Balaban J connectivity index is 2.77. The van der Waals surface area contributed by atoms with Crippen molar-refractivity contribution in [2.24, 2.45) is 5.92 Å². The quantitative estimate of drug-likeness (QED) is 0.781. The topological polar surface area (TPSA) is 12.0 Å². The van der Waals surface area contributed by atoms with Crippen molar-refractivity contribution < 1.29 is 0 Å². The highest BCUT2D eigenvalue weighted by atomic mass is 14.8. The molecule has 1 atom stereocenters. The predicted molar refractivity (Wildman–Crippen MR) is 98.7 cm³/mol. The summed E-state index contributed by atoms with van der Waals surface area (Å²) in [6, 6.07) is 4.45. The zero-order chi connectivity index (χ0) is 16.4. The van der Waals surface area contributed by atoms with Crippen molar-refractivity contribution >= 4 is 11.3 Å². The third-order valence-corrected chi connectivity index (χ3v) is 4.44. The molecule has 1 nitrogen and oxygen atoms in total. The van der Waals surface area contributed by atoms with Gasteiger partial charge >= 0.3 is 0 Å². The Morgan fingerprint density at radius 2 is 1.95 bits per heavy atom. The van der Waals surface area contributed by atoms with Crippen LogP contribution in [0.25, 0.3) is 11.3 Å². The summed E-state index contributed by atoms with van der Waals surface area (Å²) < 4.78 is 0. The number of hydrogen-bond acceptors (Lipinski definition) is 1. The Morgan fingerprint density at radius 1 is 1.27 bits per heavy atom. The van der Waals surface area contributed by atoms with Crippen LogP contribution in [0.4, 0.5) is 0 Å². The highest BCUT2D eigenvalue weighted by molar-refractivity contribution is 5.90. The summed E-state index contributed by atoms with van der Waals surface area (Å²) in [6.07, 6.45) is 4.11. The summed E-state index contributed by atoms with van der Waals surface area (Å²) in [4.78, 5) is 0. The van der Waals surface area contributed by atoms with Gasteiger partial charge in [-0.3, -0.25) is 0 Å². The smallest absolute Gasteiger partial charge is 0.0344 e. The fraction of sp³-hybridized carbons (Fsp3) is 0.333. The van der Waals surface area contributed by atoms with E-state index < -0.39 is 0 Å². The monoisotopic (exact) mass is 293 g/mol. The van der Waals surface area contributed by atoms with Crippen molar-refractivity contribution in [2.45, 2.75) is 33.6 Å². The zero-order valence-corrected chi connectivity index (χ0v) is 14.3. The molecule has 0 heterocycles. The van der Waals surface area contributed by atoms with Crippen LogP contribution in [0.2, 0.25) is 0 Å². The molecule has 116 valence electrons. The fourth-order valence-electron chi connectivity index (χ4n) is 3.49. The minimum absolute atomic E-state index is 0.631. The van der Waals surface area contributed by atoms with E-state index >= 15 is 0 Å². The van der Waals surface area contributed by atoms with Gasteiger partial charge in [0.1, 0.15) is 0 Å². The molecule has 0 aromatic heterocycles. The van der Waals surface area contributed by atoms with Gasteiger partial charge in [0.05, 0.1) is 0 Å². The molecule has 0 aliphatic heterocycles. The molecule has 1 heteroatoms. The molecule has 1 N–H and O–H groups in total. The second-order valence-corrected chi connectivity index (χ2v) is 6.45. The van der Waals surface area contributed by atoms with E-state index in [9.17, 15) is 0 Å².